The number of rotatable bonds is 3. The molecule has 2 aromatic carbocycles. The monoisotopic (exact) mass is 293 g/mol. The Balaban J connectivity index is 1.89. The normalized spacial score (nSPS) is 15.5. The van der Waals surface area contributed by atoms with E-state index in [1.54, 1.807) is 24.3 Å². The quantitative estimate of drug-likeness (QED) is 0.375. The minimum Gasteiger partial charge on any atom is -0.422 e. The van der Waals surface area contributed by atoms with Gasteiger partial charge in [-0.15, -0.1) is 0 Å². The highest BCUT2D eigenvalue weighted by Gasteiger charge is 2.21. The van der Waals surface area contributed by atoms with Gasteiger partial charge in [-0.25, -0.2) is 4.79 Å². The highest BCUT2D eigenvalue weighted by Crippen LogP contribution is 2.27. The molecule has 108 valence electrons. The van der Waals surface area contributed by atoms with Gasteiger partial charge in [-0.05, 0) is 29.8 Å². The first-order valence-electron chi connectivity index (χ1n) is 6.59. The summed E-state index contributed by atoms with van der Waals surface area (Å²) in [7, 11) is 0. The largest absolute Gasteiger partial charge is 0.422 e. The summed E-state index contributed by atoms with van der Waals surface area (Å²) >= 11 is 0. The Hall–Kier alpha value is -3.21. The Labute approximate surface area is 126 Å². The topological polar surface area (TPSA) is 69.4 Å². The number of cyclic esters (lactones) is 1. The Morgan fingerprint density at radius 3 is 2.32 bits per heavy atom. The van der Waals surface area contributed by atoms with Gasteiger partial charge < -0.3 is 4.74 Å². The molecule has 0 aromatic heterocycles. The number of carbonyl (C=O) groups is 1. The summed E-state index contributed by atoms with van der Waals surface area (Å²) in [4.78, 5) is 22.0. The highest BCUT2D eigenvalue weighted by atomic mass is 16.6. The lowest BCUT2D eigenvalue weighted by Crippen LogP contribution is -1.97. The fourth-order valence-electron chi connectivity index (χ4n) is 2.11. The van der Waals surface area contributed by atoms with Gasteiger partial charge in [-0.3, -0.25) is 10.1 Å². The van der Waals surface area contributed by atoms with Gasteiger partial charge in [-0.2, -0.15) is 0 Å². The van der Waals surface area contributed by atoms with Crippen molar-refractivity contribution in [1.29, 1.82) is 0 Å². The summed E-state index contributed by atoms with van der Waals surface area (Å²) in [5.41, 5.74) is 1.94. The molecule has 5 nitrogen and oxygen atoms in total. The van der Waals surface area contributed by atoms with E-state index < -0.39 is 10.9 Å². The van der Waals surface area contributed by atoms with E-state index in [4.69, 9.17) is 4.74 Å². The molecular formula is C17H11NO4. The molecule has 0 fully saturated rings. The lowest BCUT2D eigenvalue weighted by atomic mass is 10.1. The van der Waals surface area contributed by atoms with Crippen LogP contribution in [0.15, 0.2) is 66.2 Å². The molecule has 3 rings (SSSR count). The molecule has 0 amide bonds. The Kier molecular flexibility index (Phi) is 3.53. The summed E-state index contributed by atoms with van der Waals surface area (Å²) in [5, 5.41) is 10.6. The van der Waals surface area contributed by atoms with E-state index in [9.17, 15) is 14.9 Å². The molecule has 5 heteroatoms. The first-order chi connectivity index (χ1) is 10.6. The van der Waals surface area contributed by atoms with E-state index in [-0.39, 0.29) is 5.69 Å². The lowest BCUT2D eigenvalue weighted by molar-refractivity contribution is -0.384. The lowest BCUT2D eigenvalue weighted by Gasteiger charge is -2.00. The number of hydrogen-bond donors (Lipinski definition) is 0. The third kappa shape index (κ3) is 2.78. The van der Waals surface area contributed by atoms with Crippen molar-refractivity contribution in [1.82, 2.24) is 0 Å². The number of ether oxygens (including phenoxy) is 1. The maximum absolute atomic E-state index is 11.9. The van der Waals surface area contributed by atoms with Crippen LogP contribution >= 0.6 is 0 Å². The van der Waals surface area contributed by atoms with E-state index in [0.29, 0.717) is 16.9 Å². The van der Waals surface area contributed by atoms with Crippen LogP contribution in [0.5, 0.6) is 0 Å². The number of benzene rings is 2. The van der Waals surface area contributed by atoms with E-state index in [2.05, 4.69) is 0 Å². The Morgan fingerprint density at radius 2 is 1.68 bits per heavy atom. The maximum atomic E-state index is 11.9. The molecule has 2 aromatic rings. The van der Waals surface area contributed by atoms with Gasteiger partial charge >= 0.3 is 5.97 Å². The third-order valence-corrected chi connectivity index (χ3v) is 3.21. The second-order valence-electron chi connectivity index (χ2n) is 4.71. The third-order valence-electron chi connectivity index (χ3n) is 3.21. The van der Waals surface area contributed by atoms with Gasteiger partial charge in [0, 0.05) is 17.7 Å². The van der Waals surface area contributed by atoms with E-state index >= 15 is 0 Å². The highest BCUT2D eigenvalue weighted by molar-refractivity contribution is 6.05. The average molecular weight is 293 g/mol. The zero-order valence-corrected chi connectivity index (χ0v) is 11.4. The van der Waals surface area contributed by atoms with Crippen LogP contribution in [0.4, 0.5) is 5.69 Å². The summed E-state index contributed by atoms with van der Waals surface area (Å²) in [6.45, 7) is 0. The number of esters is 1. The van der Waals surface area contributed by atoms with Crippen molar-refractivity contribution in [3.05, 3.63) is 87.5 Å². The fourth-order valence-corrected chi connectivity index (χ4v) is 2.11. The van der Waals surface area contributed by atoms with Crippen LogP contribution in [0.2, 0.25) is 0 Å². The van der Waals surface area contributed by atoms with Crippen LogP contribution in [0.25, 0.3) is 11.8 Å². The first-order valence-corrected chi connectivity index (χ1v) is 6.59. The van der Waals surface area contributed by atoms with Crippen molar-refractivity contribution in [3.63, 3.8) is 0 Å². The minimum atomic E-state index is -0.464. The number of nitrogens with zero attached hydrogens (tertiary/aromatic N) is 1. The van der Waals surface area contributed by atoms with E-state index in [1.165, 1.54) is 12.1 Å². The molecule has 1 aliphatic rings. The van der Waals surface area contributed by atoms with Gasteiger partial charge in [0.05, 0.1) is 10.5 Å². The Bertz CT molecular complexity index is 789. The van der Waals surface area contributed by atoms with Gasteiger partial charge in [0.1, 0.15) is 5.76 Å². The van der Waals surface area contributed by atoms with E-state index in [0.717, 1.165) is 5.56 Å². The SMILES string of the molecule is O=C1OC(c2ccccc2)=C/C1=C/c1ccc([N+](=O)[O-])cc1. The number of nitro groups is 1. The second-order valence-corrected chi connectivity index (χ2v) is 4.71. The molecular weight excluding hydrogens is 282 g/mol. The van der Waals surface area contributed by atoms with Crippen molar-refractivity contribution in [2.75, 3.05) is 0 Å². The zero-order chi connectivity index (χ0) is 15.5. The number of hydrogen-bond acceptors (Lipinski definition) is 4. The molecule has 1 aliphatic heterocycles. The molecule has 0 N–H and O–H groups in total. The average Bonchev–Trinajstić information content (AvgIpc) is 2.90. The van der Waals surface area contributed by atoms with Crippen molar-refractivity contribution < 1.29 is 14.5 Å². The van der Waals surface area contributed by atoms with Crippen LogP contribution < -0.4 is 0 Å². The predicted molar refractivity (Wildman–Crippen MR) is 81.6 cm³/mol. The minimum absolute atomic E-state index is 0.0108. The molecule has 0 saturated carbocycles. The molecule has 0 atom stereocenters. The number of carbonyl (C=O) groups excluding carboxylic acids is 1. The standard InChI is InChI=1S/C17H11NO4/c19-17-14(10-12-6-8-15(9-7-12)18(20)21)11-16(22-17)13-4-2-1-3-5-13/h1-11H/b14-10-. The van der Waals surface area contributed by atoms with E-state index in [1.807, 2.05) is 30.3 Å². The van der Waals surface area contributed by atoms with Gasteiger partial charge in [0.15, 0.2) is 0 Å². The van der Waals surface area contributed by atoms with Gasteiger partial charge in [0.2, 0.25) is 0 Å². The second kappa shape index (κ2) is 5.65. The number of nitro benzene ring substituents is 1. The number of non-ortho nitro benzene ring substituents is 1. The molecule has 1 heterocycles. The summed E-state index contributed by atoms with van der Waals surface area (Å²) in [5.74, 6) is 0.0657. The van der Waals surface area contributed by atoms with Crippen molar-refractivity contribution in [3.8, 4) is 0 Å². The summed E-state index contributed by atoms with van der Waals surface area (Å²) in [6, 6.07) is 15.3. The van der Waals surface area contributed by atoms with Crippen molar-refractivity contribution in [2.45, 2.75) is 0 Å². The summed E-state index contributed by atoms with van der Waals surface area (Å²) in [6.07, 6.45) is 3.31. The van der Waals surface area contributed by atoms with Crippen LogP contribution in [-0.4, -0.2) is 10.9 Å². The molecule has 22 heavy (non-hydrogen) atoms. The van der Waals surface area contributed by atoms with Crippen LogP contribution in [0.1, 0.15) is 11.1 Å². The molecule has 0 aliphatic carbocycles. The smallest absolute Gasteiger partial charge is 0.343 e. The zero-order valence-electron chi connectivity index (χ0n) is 11.4. The van der Waals surface area contributed by atoms with Crippen LogP contribution in [-0.2, 0) is 9.53 Å². The molecule has 0 unspecified atom stereocenters. The first kappa shape index (κ1) is 13.8. The maximum Gasteiger partial charge on any atom is 0.343 e. The molecule has 0 saturated heterocycles. The van der Waals surface area contributed by atoms with Crippen molar-refractivity contribution in [2.24, 2.45) is 0 Å². The Morgan fingerprint density at radius 1 is 1.00 bits per heavy atom. The fraction of sp³-hybridized carbons (Fsp3) is 0. The van der Waals surface area contributed by atoms with Gasteiger partial charge in [-0.1, -0.05) is 30.3 Å². The predicted octanol–water partition coefficient (Wildman–Crippen LogP) is 3.58. The molecule has 0 radical (unpaired) electrons. The van der Waals surface area contributed by atoms with Crippen LogP contribution in [0.3, 0.4) is 0 Å². The molecule has 0 bridgehead atoms. The van der Waals surface area contributed by atoms with Crippen LogP contribution in [0, 0.1) is 10.1 Å². The van der Waals surface area contributed by atoms with Crippen molar-refractivity contribution >= 4 is 23.5 Å². The summed E-state index contributed by atoms with van der Waals surface area (Å²) < 4.78 is 5.24. The molecule has 0 spiro atoms. The van der Waals surface area contributed by atoms with Gasteiger partial charge in [0.25, 0.3) is 5.69 Å².